The van der Waals surface area contributed by atoms with Crippen LogP contribution in [0, 0.1) is 11.3 Å². The van der Waals surface area contributed by atoms with Crippen LogP contribution in [-0.2, 0) is 17.8 Å². The van der Waals surface area contributed by atoms with Gasteiger partial charge in [-0.1, -0.05) is 30.4 Å². The lowest BCUT2D eigenvalue weighted by molar-refractivity contribution is -0.136. The smallest absolute Gasteiger partial charge is 0.305 e. The van der Waals surface area contributed by atoms with Gasteiger partial charge < -0.3 is 10.0 Å². The first-order valence-corrected chi connectivity index (χ1v) is 7.72. The molecule has 0 saturated heterocycles. The summed E-state index contributed by atoms with van der Waals surface area (Å²) in [7, 11) is 0. The van der Waals surface area contributed by atoms with Crippen molar-refractivity contribution in [3.63, 3.8) is 0 Å². The Kier molecular flexibility index (Phi) is 5.44. The van der Waals surface area contributed by atoms with Gasteiger partial charge in [-0.3, -0.25) is 4.79 Å². The number of aromatic nitrogens is 2. The normalized spacial score (nSPS) is 10.2. The Balaban J connectivity index is 2.15. The number of rotatable bonds is 7. The fourth-order valence-electron chi connectivity index (χ4n) is 1.89. The molecule has 2 aromatic rings. The fraction of sp³-hybridized carbons (Fsp3) is 0.333. The molecule has 0 amide bonds. The minimum atomic E-state index is -0.843. The lowest BCUT2D eigenvalue weighted by atomic mass is 10.1. The first kappa shape index (κ1) is 15.9. The molecule has 1 N–H and O–H groups in total. The van der Waals surface area contributed by atoms with Gasteiger partial charge >= 0.3 is 5.97 Å². The molecule has 7 heteroatoms. The summed E-state index contributed by atoms with van der Waals surface area (Å²) < 4.78 is 0. The third kappa shape index (κ3) is 4.27. The number of aryl methyl sites for hydroxylation is 1. The molecular weight excluding hydrogens is 300 g/mol. The summed E-state index contributed by atoms with van der Waals surface area (Å²) in [6.45, 7) is 2.91. The molecule has 0 bridgehead atoms. The summed E-state index contributed by atoms with van der Waals surface area (Å²) in [5.74, 6) is -0.843. The van der Waals surface area contributed by atoms with Crippen molar-refractivity contribution in [1.82, 2.24) is 10.2 Å². The van der Waals surface area contributed by atoms with Crippen LogP contribution in [0.25, 0.3) is 0 Å². The van der Waals surface area contributed by atoms with Gasteiger partial charge in [0.1, 0.15) is 5.01 Å². The van der Waals surface area contributed by atoms with Crippen LogP contribution in [0.1, 0.15) is 29.5 Å². The van der Waals surface area contributed by atoms with Gasteiger partial charge in [0, 0.05) is 13.1 Å². The molecule has 0 fully saturated rings. The lowest BCUT2D eigenvalue weighted by Crippen LogP contribution is -2.25. The predicted molar refractivity (Wildman–Crippen MR) is 83.7 cm³/mol. The second-order valence-electron chi connectivity index (χ2n) is 4.71. The number of hydrogen-bond acceptors (Lipinski definition) is 6. The first-order chi connectivity index (χ1) is 10.6. The van der Waals surface area contributed by atoms with Gasteiger partial charge in [-0.25, -0.2) is 0 Å². The van der Waals surface area contributed by atoms with Crippen molar-refractivity contribution in [1.29, 1.82) is 5.26 Å². The average Bonchev–Trinajstić information content (AvgIpc) is 3.00. The molecule has 114 valence electrons. The monoisotopic (exact) mass is 316 g/mol. The molecule has 2 rings (SSSR count). The Labute approximate surface area is 132 Å². The van der Waals surface area contributed by atoms with Crippen molar-refractivity contribution in [3.05, 3.63) is 40.4 Å². The molecular formula is C15H16N4O2S. The number of hydrogen-bond donors (Lipinski definition) is 1. The van der Waals surface area contributed by atoms with Crippen LogP contribution < -0.4 is 4.90 Å². The molecule has 1 aromatic carbocycles. The summed E-state index contributed by atoms with van der Waals surface area (Å²) in [6, 6.07) is 9.32. The molecule has 0 atom stereocenters. The molecule has 0 saturated carbocycles. The number of nitriles is 1. The van der Waals surface area contributed by atoms with Gasteiger partial charge in [-0.15, -0.1) is 10.2 Å². The van der Waals surface area contributed by atoms with E-state index in [9.17, 15) is 4.79 Å². The largest absolute Gasteiger partial charge is 0.481 e. The maximum atomic E-state index is 10.8. The second-order valence-corrected chi connectivity index (χ2v) is 5.75. The zero-order valence-electron chi connectivity index (χ0n) is 12.2. The highest BCUT2D eigenvalue weighted by Gasteiger charge is 2.14. The SMILES string of the molecule is CCc1nnc(N(CCC(=O)O)Cc2ccc(C#N)cc2)s1. The maximum absolute atomic E-state index is 10.8. The summed E-state index contributed by atoms with van der Waals surface area (Å²) in [5, 5.41) is 27.6. The summed E-state index contributed by atoms with van der Waals surface area (Å²) in [4.78, 5) is 12.7. The molecule has 0 unspecified atom stereocenters. The number of aliphatic carboxylic acids is 1. The number of carbonyl (C=O) groups is 1. The van der Waals surface area contributed by atoms with E-state index in [4.69, 9.17) is 10.4 Å². The number of nitrogens with zero attached hydrogens (tertiary/aromatic N) is 4. The summed E-state index contributed by atoms with van der Waals surface area (Å²) in [5.41, 5.74) is 1.60. The van der Waals surface area contributed by atoms with Crippen molar-refractivity contribution in [2.24, 2.45) is 0 Å². The van der Waals surface area contributed by atoms with Gasteiger partial charge in [-0.05, 0) is 24.1 Å². The Morgan fingerprint density at radius 3 is 2.64 bits per heavy atom. The standard InChI is InChI=1S/C15H16N4O2S/c1-2-13-17-18-15(22-13)19(8-7-14(20)21)10-12-5-3-11(9-16)4-6-12/h3-6H,2,7-8,10H2,1H3,(H,20,21). The lowest BCUT2D eigenvalue weighted by Gasteiger charge is -2.20. The van der Waals surface area contributed by atoms with Crippen LogP contribution in [0.2, 0.25) is 0 Å². The minimum absolute atomic E-state index is 0.0390. The molecule has 0 radical (unpaired) electrons. The van der Waals surface area contributed by atoms with E-state index in [2.05, 4.69) is 16.3 Å². The fourth-order valence-corrected chi connectivity index (χ4v) is 2.70. The molecule has 0 aliphatic rings. The average molecular weight is 316 g/mol. The predicted octanol–water partition coefficient (Wildman–Crippen LogP) is 2.45. The molecule has 22 heavy (non-hydrogen) atoms. The zero-order chi connectivity index (χ0) is 15.9. The van der Waals surface area contributed by atoms with Crippen molar-refractivity contribution in [3.8, 4) is 6.07 Å². The van der Waals surface area contributed by atoms with Crippen LogP contribution >= 0.6 is 11.3 Å². The summed E-state index contributed by atoms with van der Waals surface area (Å²) >= 11 is 1.48. The number of benzene rings is 1. The molecule has 0 aliphatic heterocycles. The zero-order valence-corrected chi connectivity index (χ0v) is 13.0. The van der Waals surface area contributed by atoms with Crippen molar-refractivity contribution < 1.29 is 9.90 Å². The third-order valence-electron chi connectivity index (χ3n) is 3.08. The van der Waals surface area contributed by atoms with E-state index >= 15 is 0 Å². The van der Waals surface area contributed by atoms with Crippen molar-refractivity contribution in [2.45, 2.75) is 26.3 Å². The van der Waals surface area contributed by atoms with Gasteiger partial charge in [0.05, 0.1) is 18.1 Å². The molecule has 1 aromatic heterocycles. The second kappa shape index (κ2) is 7.52. The van der Waals surface area contributed by atoms with Crippen LogP contribution in [-0.4, -0.2) is 27.8 Å². The van der Waals surface area contributed by atoms with Crippen molar-refractivity contribution in [2.75, 3.05) is 11.4 Å². The van der Waals surface area contributed by atoms with E-state index in [0.717, 1.165) is 22.1 Å². The molecule has 6 nitrogen and oxygen atoms in total. The molecule has 1 heterocycles. The minimum Gasteiger partial charge on any atom is -0.481 e. The Morgan fingerprint density at radius 1 is 1.36 bits per heavy atom. The van der Waals surface area contributed by atoms with Crippen LogP contribution in [0.15, 0.2) is 24.3 Å². The Hall–Kier alpha value is -2.46. The third-order valence-corrected chi connectivity index (χ3v) is 4.21. The topological polar surface area (TPSA) is 90.1 Å². The number of carboxylic acid groups (broad SMARTS) is 1. The quantitative estimate of drug-likeness (QED) is 0.844. The maximum Gasteiger partial charge on any atom is 0.305 e. The molecule has 0 aliphatic carbocycles. The van der Waals surface area contributed by atoms with E-state index in [1.807, 2.05) is 24.0 Å². The first-order valence-electron chi connectivity index (χ1n) is 6.90. The van der Waals surface area contributed by atoms with E-state index in [1.165, 1.54) is 11.3 Å². The van der Waals surface area contributed by atoms with E-state index < -0.39 is 5.97 Å². The Morgan fingerprint density at radius 2 is 2.09 bits per heavy atom. The van der Waals surface area contributed by atoms with Gasteiger partial charge in [0.2, 0.25) is 5.13 Å². The van der Waals surface area contributed by atoms with Crippen LogP contribution in [0.4, 0.5) is 5.13 Å². The van der Waals surface area contributed by atoms with Gasteiger partial charge in [0.25, 0.3) is 0 Å². The highest BCUT2D eigenvalue weighted by molar-refractivity contribution is 7.15. The van der Waals surface area contributed by atoms with E-state index in [1.54, 1.807) is 12.1 Å². The van der Waals surface area contributed by atoms with Gasteiger partial charge in [0.15, 0.2) is 0 Å². The highest BCUT2D eigenvalue weighted by atomic mass is 32.1. The van der Waals surface area contributed by atoms with Gasteiger partial charge in [-0.2, -0.15) is 5.26 Å². The Bertz CT molecular complexity index is 676. The summed E-state index contributed by atoms with van der Waals surface area (Å²) in [6.07, 6.45) is 0.846. The number of anilines is 1. The van der Waals surface area contributed by atoms with E-state index in [0.29, 0.717) is 18.7 Å². The van der Waals surface area contributed by atoms with Crippen LogP contribution in [0.5, 0.6) is 0 Å². The highest BCUT2D eigenvalue weighted by Crippen LogP contribution is 2.23. The van der Waals surface area contributed by atoms with Crippen molar-refractivity contribution >= 4 is 22.4 Å². The van der Waals surface area contributed by atoms with Crippen LogP contribution in [0.3, 0.4) is 0 Å². The number of carboxylic acids is 1. The van der Waals surface area contributed by atoms with E-state index in [-0.39, 0.29) is 6.42 Å². The molecule has 0 spiro atoms.